The molecule has 1 saturated heterocycles. The largest absolute Gasteiger partial charge is 0.484 e. The highest BCUT2D eigenvalue weighted by Gasteiger charge is 2.25. The molecule has 1 aliphatic rings. The summed E-state index contributed by atoms with van der Waals surface area (Å²) < 4.78 is 12.5. The molecule has 0 spiro atoms. The van der Waals surface area contributed by atoms with Crippen molar-refractivity contribution in [1.82, 2.24) is 24.6 Å². The first kappa shape index (κ1) is 22.2. The van der Waals surface area contributed by atoms with Crippen molar-refractivity contribution in [3.63, 3.8) is 0 Å². The van der Waals surface area contributed by atoms with Crippen LogP contribution in [0.15, 0.2) is 29.4 Å². The van der Waals surface area contributed by atoms with Gasteiger partial charge in [0.05, 0.1) is 17.4 Å². The van der Waals surface area contributed by atoms with Crippen molar-refractivity contribution in [3.8, 4) is 5.75 Å². The van der Waals surface area contributed by atoms with Crippen molar-refractivity contribution in [3.05, 3.63) is 35.1 Å². The topological polar surface area (TPSA) is 89.8 Å². The number of ether oxygens (including phenoxy) is 2. The average Bonchev–Trinajstić information content (AvgIpc) is 3.11. The number of piperazine rings is 1. The number of halogens is 1. The lowest BCUT2D eigenvalue weighted by molar-refractivity contribution is -0.129. The molecule has 1 aliphatic heterocycles. The van der Waals surface area contributed by atoms with Gasteiger partial charge in [0.2, 0.25) is 5.91 Å². The number of hydrogen-bond donors (Lipinski definition) is 0. The molecule has 11 heteroatoms. The predicted molar refractivity (Wildman–Crippen MR) is 113 cm³/mol. The second kappa shape index (κ2) is 10.5. The van der Waals surface area contributed by atoms with Gasteiger partial charge in [-0.1, -0.05) is 35.5 Å². The number of para-hydroxylation sites is 1. The second-order valence-corrected chi connectivity index (χ2v) is 7.88. The van der Waals surface area contributed by atoms with E-state index < -0.39 is 0 Å². The zero-order valence-corrected chi connectivity index (χ0v) is 18.5. The number of carbonyl (C=O) groups excluding carboxylic acids is 2. The van der Waals surface area contributed by atoms with Gasteiger partial charge in [0.1, 0.15) is 12.4 Å². The molecule has 1 aromatic carbocycles. The summed E-state index contributed by atoms with van der Waals surface area (Å²) in [5.74, 6) is 1.46. The van der Waals surface area contributed by atoms with Crippen molar-refractivity contribution >= 4 is 35.4 Å². The number of benzene rings is 1. The normalized spacial score (nSPS) is 14.0. The molecule has 3 rings (SSSR count). The lowest BCUT2D eigenvalue weighted by atomic mass is 10.3. The molecule has 0 N–H and O–H groups in total. The van der Waals surface area contributed by atoms with Gasteiger partial charge in [0.15, 0.2) is 11.0 Å². The van der Waals surface area contributed by atoms with E-state index in [1.165, 1.54) is 11.8 Å². The smallest absolute Gasteiger partial charge is 0.409 e. The Labute approximate surface area is 184 Å². The van der Waals surface area contributed by atoms with Crippen molar-refractivity contribution < 1.29 is 19.1 Å². The lowest BCUT2D eigenvalue weighted by Gasteiger charge is -2.34. The number of hydrogen-bond acceptors (Lipinski definition) is 7. The van der Waals surface area contributed by atoms with Gasteiger partial charge in [-0.15, -0.1) is 10.2 Å². The van der Waals surface area contributed by atoms with Gasteiger partial charge in [-0.25, -0.2) is 4.79 Å². The van der Waals surface area contributed by atoms with Crippen LogP contribution in [0.25, 0.3) is 0 Å². The fourth-order valence-corrected chi connectivity index (χ4v) is 3.89. The molecule has 162 valence electrons. The van der Waals surface area contributed by atoms with Crippen molar-refractivity contribution in [2.75, 3.05) is 38.5 Å². The third-order valence-corrected chi connectivity index (χ3v) is 5.92. The number of nitrogens with zero attached hydrogens (tertiary/aromatic N) is 5. The minimum Gasteiger partial charge on any atom is -0.484 e. The Morgan fingerprint density at radius 3 is 2.53 bits per heavy atom. The molecule has 0 atom stereocenters. The van der Waals surface area contributed by atoms with Crippen LogP contribution >= 0.6 is 23.4 Å². The minimum atomic E-state index is -0.329. The van der Waals surface area contributed by atoms with Gasteiger partial charge < -0.3 is 23.8 Å². The molecule has 1 fully saturated rings. The summed E-state index contributed by atoms with van der Waals surface area (Å²) >= 11 is 7.41. The van der Waals surface area contributed by atoms with E-state index in [1.54, 1.807) is 33.4 Å². The maximum absolute atomic E-state index is 12.5. The highest BCUT2D eigenvalue weighted by molar-refractivity contribution is 7.99. The molecule has 1 aromatic heterocycles. The van der Waals surface area contributed by atoms with Crippen molar-refractivity contribution in [2.45, 2.75) is 18.7 Å². The fraction of sp³-hybridized carbons (Fsp3) is 0.474. The van der Waals surface area contributed by atoms with Gasteiger partial charge in [-0.3, -0.25) is 4.79 Å². The lowest BCUT2D eigenvalue weighted by Crippen LogP contribution is -2.51. The SMILES string of the molecule is CCOC(=O)N1CCN(C(=O)CSc2nnc(COc3ccccc3Cl)n2C)CC1. The molecule has 2 aromatic rings. The van der Waals surface area contributed by atoms with Crippen LogP contribution in [-0.2, 0) is 23.2 Å². The van der Waals surface area contributed by atoms with Gasteiger partial charge in [0.25, 0.3) is 0 Å². The molecule has 2 heterocycles. The molecular weight excluding hydrogens is 430 g/mol. The summed E-state index contributed by atoms with van der Waals surface area (Å²) in [4.78, 5) is 27.6. The zero-order chi connectivity index (χ0) is 21.5. The predicted octanol–water partition coefficient (Wildman–Crippen LogP) is 2.44. The van der Waals surface area contributed by atoms with E-state index in [9.17, 15) is 9.59 Å². The van der Waals surface area contributed by atoms with Crippen LogP contribution in [0.1, 0.15) is 12.7 Å². The first-order chi connectivity index (χ1) is 14.5. The monoisotopic (exact) mass is 453 g/mol. The zero-order valence-electron chi connectivity index (χ0n) is 16.9. The first-order valence-corrected chi connectivity index (χ1v) is 10.9. The summed E-state index contributed by atoms with van der Waals surface area (Å²) in [5.41, 5.74) is 0. The number of carbonyl (C=O) groups is 2. The Bertz CT molecular complexity index is 886. The molecule has 2 amide bonds. The fourth-order valence-electron chi connectivity index (χ4n) is 2.87. The summed E-state index contributed by atoms with van der Waals surface area (Å²) in [6.07, 6.45) is -0.329. The van der Waals surface area contributed by atoms with Crippen LogP contribution < -0.4 is 4.74 Å². The number of aromatic nitrogens is 3. The van der Waals surface area contributed by atoms with E-state index in [0.717, 1.165) is 0 Å². The number of thioether (sulfide) groups is 1. The number of rotatable bonds is 7. The van der Waals surface area contributed by atoms with E-state index >= 15 is 0 Å². The Kier molecular flexibility index (Phi) is 7.81. The van der Waals surface area contributed by atoms with E-state index in [-0.39, 0.29) is 24.4 Å². The maximum atomic E-state index is 12.5. The van der Waals surface area contributed by atoms with Gasteiger partial charge in [-0.2, -0.15) is 0 Å². The Morgan fingerprint density at radius 1 is 1.13 bits per heavy atom. The Balaban J connectivity index is 1.46. The van der Waals surface area contributed by atoms with Crippen LogP contribution in [0.4, 0.5) is 4.79 Å². The minimum absolute atomic E-state index is 0.000348. The summed E-state index contributed by atoms with van der Waals surface area (Å²) in [7, 11) is 1.83. The quantitative estimate of drug-likeness (QED) is 0.595. The molecule has 9 nitrogen and oxygen atoms in total. The standard InChI is InChI=1S/C19H24ClN5O4S/c1-3-28-19(27)25-10-8-24(9-11-25)17(26)13-30-18-22-21-16(23(18)2)12-29-15-7-5-4-6-14(15)20/h4-7H,3,8-13H2,1-2H3. The molecular formula is C19H24ClN5O4S. The van der Waals surface area contributed by atoms with Crippen molar-refractivity contribution in [2.24, 2.45) is 7.05 Å². The third kappa shape index (κ3) is 5.57. The van der Waals surface area contributed by atoms with E-state index in [0.29, 0.717) is 54.5 Å². The van der Waals surface area contributed by atoms with Crippen LogP contribution in [0.5, 0.6) is 5.75 Å². The van der Waals surface area contributed by atoms with Crippen molar-refractivity contribution in [1.29, 1.82) is 0 Å². The van der Waals surface area contributed by atoms with Crippen LogP contribution in [0.3, 0.4) is 0 Å². The summed E-state index contributed by atoms with van der Waals surface area (Å²) in [6.45, 7) is 4.28. The van der Waals surface area contributed by atoms with E-state index in [1.807, 2.05) is 19.2 Å². The summed E-state index contributed by atoms with van der Waals surface area (Å²) in [5, 5.41) is 9.45. The second-order valence-electron chi connectivity index (χ2n) is 6.53. The molecule has 0 radical (unpaired) electrons. The molecule has 0 bridgehead atoms. The van der Waals surface area contributed by atoms with Gasteiger partial charge in [0, 0.05) is 33.2 Å². The summed E-state index contributed by atoms with van der Waals surface area (Å²) in [6, 6.07) is 7.22. The maximum Gasteiger partial charge on any atom is 0.409 e. The molecule has 30 heavy (non-hydrogen) atoms. The average molecular weight is 454 g/mol. The van der Waals surface area contributed by atoms with E-state index in [4.69, 9.17) is 21.1 Å². The Hall–Kier alpha value is -2.46. The third-order valence-electron chi connectivity index (χ3n) is 4.60. The van der Waals surface area contributed by atoms with E-state index in [2.05, 4.69) is 10.2 Å². The Morgan fingerprint density at radius 2 is 1.83 bits per heavy atom. The number of amides is 2. The van der Waals surface area contributed by atoms with Gasteiger partial charge >= 0.3 is 6.09 Å². The molecule has 0 saturated carbocycles. The van der Waals surface area contributed by atoms with Crippen LogP contribution in [-0.4, -0.2) is 75.1 Å². The highest BCUT2D eigenvalue weighted by Crippen LogP contribution is 2.24. The first-order valence-electron chi connectivity index (χ1n) is 9.57. The highest BCUT2D eigenvalue weighted by atomic mass is 35.5. The molecule has 0 aliphatic carbocycles. The molecule has 0 unspecified atom stereocenters. The van der Waals surface area contributed by atoms with Gasteiger partial charge in [-0.05, 0) is 19.1 Å². The van der Waals surface area contributed by atoms with Crippen LogP contribution in [0.2, 0.25) is 5.02 Å². The van der Waals surface area contributed by atoms with Crippen LogP contribution in [0, 0.1) is 0 Å².